The third kappa shape index (κ3) is 5.45. The molecular formula is C22H25N3O2. The van der Waals surface area contributed by atoms with E-state index in [1.165, 1.54) is 0 Å². The monoisotopic (exact) mass is 363 g/mol. The van der Waals surface area contributed by atoms with Crippen molar-refractivity contribution >= 4 is 5.91 Å². The molecule has 0 aliphatic rings. The van der Waals surface area contributed by atoms with Gasteiger partial charge >= 0.3 is 0 Å². The molecule has 0 saturated carbocycles. The Labute approximate surface area is 160 Å². The van der Waals surface area contributed by atoms with Crippen LogP contribution in [-0.4, -0.2) is 40.8 Å². The van der Waals surface area contributed by atoms with Crippen LogP contribution in [0.4, 0.5) is 0 Å². The summed E-state index contributed by atoms with van der Waals surface area (Å²) >= 11 is 0. The van der Waals surface area contributed by atoms with Crippen LogP contribution < -0.4 is 4.74 Å². The predicted octanol–water partition coefficient (Wildman–Crippen LogP) is 3.65. The van der Waals surface area contributed by atoms with Gasteiger partial charge in [-0.15, -0.1) is 0 Å². The first-order chi connectivity index (χ1) is 13.1. The molecule has 1 heterocycles. The van der Waals surface area contributed by atoms with Gasteiger partial charge in [-0.05, 0) is 48.7 Å². The van der Waals surface area contributed by atoms with Gasteiger partial charge in [0.15, 0.2) is 0 Å². The largest absolute Gasteiger partial charge is 0.492 e. The molecule has 5 nitrogen and oxygen atoms in total. The number of amides is 1. The van der Waals surface area contributed by atoms with Crippen molar-refractivity contribution in [2.75, 3.05) is 20.2 Å². The number of likely N-dealkylation sites (N-methyl/N-ethyl adjacent to an activating group) is 1. The quantitative estimate of drug-likeness (QED) is 0.614. The van der Waals surface area contributed by atoms with Crippen molar-refractivity contribution in [1.82, 2.24) is 14.7 Å². The molecule has 2 aromatic carbocycles. The van der Waals surface area contributed by atoms with Crippen LogP contribution in [0.15, 0.2) is 67.0 Å². The Kier molecular flexibility index (Phi) is 6.26. The van der Waals surface area contributed by atoms with Gasteiger partial charge in [-0.25, -0.2) is 4.68 Å². The maximum Gasteiger partial charge on any atom is 0.222 e. The molecule has 0 unspecified atom stereocenters. The van der Waals surface area contributed by atoms with Gasteiger partial charge in [0.25, 0.3) is 0 Å². The number of aromatic nitrogens is 2. The van der Waals surface area contributed by atoms with E-state index in [9.17, 15) is 4.79 Å². The van der Waals surface area contributed by atoms with E-state index < -0.39 is 0 Å². The van der Waals surface area contributed by atoms with Crippen LogP contribution in [0.1, 0.15) is 17.5 Å². The normalized spacial score (nSPS) is 10.6. The van der Waals surface area contributed by atoms with E-state index >= 15 is 0 Å². The Morgan fingerprint density at radius 2 is 1.96 bits per heavy atom. The molecular weight excluding hydrogens is 338 g/mol. The van der Waals surface area contributed by atoms with Gasteiger partial charge in [0.1, 0.15) is 12.4 Å². The average Bonchev–Trinajstić information content (AvgIpc) is 3.16. The van der Waals surface area contributed by atoms with Gasteiger partial charge in [-0.1, -0.05) is 30.3 Å². The molecule has 0 spiro atoms. The summed E-state index contributed by atoms with van der Waals surface area (Å²) in [7, 11) is 1.81. The Balaban J connectivity index is 1.43. The van der Waals surface area contributed by atoms with Crippen molar-refractivity contribution in [3.8, 4) is 11.4 Å². The summed E-state index contributed by atoms with van der Waals surface area (Å²) in [5.41, 5.74) is 3.23. The van der Waals surface area contributed by atoms with Crippen LogP contribution in [0.5, 0.6) is 5.75 Å². The van der Waals surface area contributed by atoms with Crippen molar-refractivity contribution in [3.05, 3.63) is 78.1 Å². The van der Waals surface area contributed by atoms with Gasteiger partial charge in [0.2, 0.25) is 5.91 Å². The molecule has 3 rings (SSSR count). The van der Waals surface area contributed by atoms with Crippen molar-refractivity contribution in [2.45, 2.75) is 19.8 Å². The fraction of sp³-hybridized carbons (Fsp3) is 0.273. The van der Waals surface area contributed by atoms with Gasteiger partial charge < -0.3 is 9.64 Å². The maximum absolute atomic E-state index is 12.3. The van der Waals surface area contributed by atoms with Crippen LogP contribution >= 0.6 is 0 Å². The lowest BCUT2D eigenvalue weighted by molar-refractivity contribution is -0.130. The van der Waals surface area contributed by atoms with Crippen LogP contribution in [0.3, 0.4) is 0 Å². The molecule has 0 radical (unpaired) electrons. The molecule has 0 bridgehead atoms. The van der Waals surface area contributed by atoms with Crippen molar-refractivity contribution in [3.63, 3.8) is 0 Å². The number of rotatable bonds is 8. The first-order valence-electron chi connectivity index (χ1n) is 9.14. The molecule has 0 aliphatic carbocycles. The zero-order chi connectivity index (χ0) is 19.1. The van der Waals surface area contributed by atoms with Gasteiger partial charge in [0.05, 0.1) is 18.4 Å². The zero-order valence-corrected chi connectivity index (χ0v) is 15.8. The molecule has 1 aromatic heterocycles. The predicted molar refractivity (Wildman–Crippen MR) is 106 cm³/mol. The van der Waals surface area contributed by atoms with Gasteiger partial charge in [-0.2, -0.15) is 5.10 Å². The first kappa shape index (κ1) is 18.7. The van der Waals surface area contributed by atoms with Gasteiger partial charge in [-0.3, -0.25) is 4.79 Å². The standard InChI is InChI=1S/C22H25N3O2/c1-18-7-6-10-21(15-18)27-14-13-24(2)22(26)12-11-19-16-23-25(17-19)20-8-4-3-5-9-20/h3-10,15-17H,11-14H2,1-2H3. The van der Waals surface area contributed by atoms with Gasteiger partial charge in [0, 0.05) is 19.7 Å². The van der Waals surface area contributed by atoms with E-state index in [4.69, 9.17) is 4.74 Å². The minimum absolute atomic E-state index is 0.107. The Morgan fingerprint density at radius 1 is 1.15 bits per heavy atom. The smallest absolute Gasteiger partial charge is 0.222 e. The lowest BCUT2D eigenvalue weighted by Gasteiger charge is -2.17. The second kappa shape index (κ2) is 9.03. The lowest BCUT2D eigenvalue weighted by Crippen LogP contribution is -2.31. The zero-order valence-electron chi connectivity index (χ0n) is 15.8. The number of hydrogen-bond acceptors (Lipinski definition) is 3. The molecule has 140 valence electrons. The maximum atomic E-state index is 12.3. The molecule has 0 fully saturated rings. The summed E-state index contributed by atoms with van der Waals surface area (Å²) in [4.78, 5) is 14.1. The van der Waals surface area contributed by atoms with E-state index in [-0.39, 0.29) is 5.91 Å². The fourth-order valence-corrected chi connectivity index (χ4v) is 2.78. The van der Waals surface area contributed by atoms with Crippen LogP contribution in [0.25, 0.3) is 5.69 Å². The van der Waals surface area contributed by atoms with E-state index in [0.29, 0.717) is 26.0 Å². The number of para-hydroxylation sites is 1. The summed E-state index contributed by atoms with van der Waals surface area (Å²) in [5, 5.41) is 4.37. The highest BCUT2D eigenvalue weighted by molar-refractivity contribution is 5.76. The highest BCUT2D eigenvalue weighted by atomic mass is 16.5. The molecule has 3 aromatic rings. The lowest BCUT2D eigenvalue weighted by atomic mass is 10.2. The van der Waals surface area contributed by atoms with E-state index in [0.717, 1.165) is 22.6 Å². The molecule has 0 aliphatic heterocycles. The number of aryl methyl sites for hydroxylation is 2. The van der Waals surface area contributed by atoms with E-state index in [1.807, 2.05) is 85.6 Å². The molecule has 1 amide bonds. The number of carbonyl (C=O) groups excluding carboxylic acids is 1. The van der Waals surface area contributed by atoms with Crippen LogP contribution in [0.2, 0.25) is 0 Å². The molecule has 0 N–H and O–H groups in total. The minimum Gasteiger partial charge on any atom is -0.492 e. The number of ether oxygens (including phenoxy) is 1. The summed E-state index contributed by atoms with van der Waals surface area (Å²) in [6.45, 7) is 3.08. The van der Waals surface area contributed by atoms with E-state index in [2.05, 4.69) is 5.10 Å². The number of nitrogens with zero attached hydrogens (tertiary/aromatic N) is 3. The highest BCUT2D eigenvalue weighted by Crippen LogP contribution is 2.12. The average molecular weight is 363 g/mol. The van der Waals surface area contributed by atoms with Crippen molar-refractivity contribution < 1.29 is 9.53 Å². The minimum atomic E-state index is 0.107. The number of benzene rings is 2. The third-order valence-electron chi connectivity index (χ3n) is 4.40. The fourth-order valence-electron chi connectivity index (χ4n) is 2.78. The summed E-state index contributed by atoms with van der Waals surface area (Å²) < 4.78 is 7.55. The SMILES string of the molecule is Cc1cccc(OCCN(C)C(=O)CCc2cnn(-c3ccccc3)c2)c1. The molecule has 0 saturated heterocycles. The number of carbonyl (C=O) groups is 1. The molecule has 5 heteroatoms. The van der Waals surface area contributed by atoms with Crippen molar-refractivity contribution in [2.24, 2.45) is 0 Å². The summed E-state index contributed by atoms with van der Waals surface area (Å²) in [6, 6.07) is 17.9. The second-order valence-corrected chi connectivity index (χ2v) is 6.61. The summed E-state index contributed by atoms with van der Waals surface area (Å²) in [6.07, 6.45) is 4.93. The highest BCUT2D eigenvalue weighted by Gasteiger charge is 2.10. The first-order valence-corrected chi connectivity index (χ1v) is 9.14. The molecule has 27 heavy (non-hydrogen) atoms. The van der Waals surface area contributed by atoms with Crippen molar-refractivity contribution in [1.29, 1.82) is 0 Å². The summed E-state index contributed by atoms with van der Waals surface area (Å²) in [5.74, 6) is 0.944. The Hall–Kier alpha value is -3.08. The number of hydrogen-bond donors (Lipinski definition) is 0. The molecule has 0 atom stereocenters. The van der Waals surface area contributed by atoms with E-state index in [1.54, 1.807) is 4.90 Å². The topological polar surface area (TPSA) is 47.4 Å². The third-order valence-corrected chi connectivity index (χ3v) is 4.40. The Morgan fingerprint density at radius 3 is 2.74 bits per heavy atom. The van der Waals surface area contributed by atoms with Crippen LogP contribution in [-0.2, 0) is 11.2 Å². The second-order valence-electron chi connectivity index (χ2n) is 6.61. The Bertz CT molecular complexity index is 874. The van der Waals surface area contributed by atoms with Crippen LogP contribution in [0, 0.1) is 6.92 Å².